The summed E-state index contributed by atoms with van der Waals surface area (Å²) in [5.41, 5.74) is 16.2. The highest BCUT2D eigenvalue weighted by molar-refractivity contribution is 6.01. The third kappa shape index (κ3) is 7.89. The Bertz CT molecular complexity index is 1410. The molecular weight excluding hydrogens is 552 g/mol. The summed E-state index contributed by atoms with van der Waals surface area (Å²) in [6, 6.07) is 24.2. The predicted octanol–water partition coefficient (Wildman–Crippen LogP) is 4.00. The summed E-state index contributed by atoms with van der Waals surface area (Å²) in [6.07, 6.45) is -0.693. The molecule has 4 rings (SSSR count). The van der Waals surface area contributed by atoms with Gasteiger partial charge >= 0.3 is 0 Å². The molecule has 0 saturated carbocycles. The maximum atomic E-state index is 14.3. The number of aliphatic imine (C=N–C) groups is 1. The zero-order valence-corrected chi connectivity index (χ0v) is 24.2. The second kappa shape index (κ2) is 15.7. The van der Waals surface area contributed by atoms with Crippen LogP contribution < -0.4 is 15.6 Å². The molecule has 12 nitrogen and oxygen atoms in total. The third-order valence-corrected chi connectivity index (χ3v) is 7.01. The lowest BCUT2D eigenvalue weighted by Crippen LogP contribution is -2.55. The minimum absolute atomic E-state index is 0.0478. The number of aliphatic hydroxyl groups excluding tert-OH is 1. The Morgan fingerprint density at radius 1 is 1.07 bits per heavy atom. The number of ether oxygens (including phenoxy) is 4. The number of carbonyl (C=O) groups is 1. The smallest absolute Gasteiger partial charge is 0.266 e. The van der Waals surface area contributed by atoms with Gasteiger partial charge in [-0.05, 0) is 46.5 Å². The van der Waals surface area contributed by atoms with Crippen LogP contribution in [0.25, 0.3) is 10.4 Å². The standard InChI is InChI=1S/C31H36N6O6/c1-40-27(41-2)21-33-36-30(39)31(19-24-11-6-7-12-25(24)20-34-37-32)28(22-9-4-3-5-10-22)43-29(35-31)23-13-15-26(16-14-23)42-18-8-17-38/h3-7,9-16,27-28,33,38H,8,17-21H2,1-2H3,(H,36,39)/t28-,31-/m0/s1. The topological polar surface area (TPSA) is 159 Å². The molecule has 0 unspecified atom stereocenters. The van der Waals surface area contributed by atoms with Gasteiger partial charge in [0.2, 0.25) is 5.90 Å². The number of hydrazine groups is 1. The monoisotopic (exact) mass is 588 g/mol. The molecule has 1 aliphatic heterocycles. The van der Waals surface area contributed by atoms with E-state index in [4.69, 9.17) is 34.6 Å². The van der Waals surface area contributed by atoms with E-state index in [1.165, 1.54) is 14.2 Å². The van der Waals surface area contributed by atoms with Gasteiger partial charge in [-0.1, -0.05) is 59.7 Å². The van der Waals surface area contributed by atoms with E-state index in [0.717, 1.165) is 16.7 Å². The van der Waals surface area contributed by atoms with Crippen molar-refractivity contribution < 1.29 is 28.8 Å². The van der Waals surface area contributed by atoms with Crippen LogP contribution in [-0.4, -0.2) is 62.7 Å². The fourth-order valence-electron chi connectivity index (χ4n) is 4.78. The predicted molar refractivity (Wildman–Crippen MR) is 160 cm³/mol. The van der Waals surface area contributed by atoms with Gasteiger partial charge in [-0.15, -0.1) is 0 Å². The highest BCUT2D eigenvalue weighted by atomic mass is 16.7. The molecule has 0 saturated heterocycles. The van der Waals surface area contributed by atoms with E-state index < -0.39 is 23.8 Å². The van der Waals surface area contributed by atoms with Crippen LogP contribution in [0.5, 0.6) is 5.75 Å². The molecule has 1 heterocycles. The normalized spacial score (nSPS) is 17.6. The van der Waals surface area contributed by atoms with Crippen molar-refractivity contribution in [2.75, 3.05) is 34.0 Å². The molecule has 0 spiro atoms. The molecule has 0 aromatic heterocycles. The van der Waals surface area contributed by atoms with E-state index in [1.54, 1.807) is 12.1 Å². The first-order valence-corrected chi connectivity index (χ1v) is 13.9. The molecule has 12 heteroatoms. The molecule has 1 amide bonds. The van der Waals surface area contributed by atoms with E-state index in [0.29, 0.717) is 30.2 Å². The number of azide groups is 1. The number of amides is 1. The second-order valence-electron chi connectivity index (χ2n) is 9.77. The van der Waals surface area contributed by atoms with Gasteiger partial charge in [0.15, 0.2) is 17.9 Å². The summed E-state index contributed by atoms with van der Waals surface area (Å²) >= 11 is 0. The Morgan fingerprint density at radius 2 is 1.77 bits per heavy atom. The van der Waals surface area contributed by atoms with Gasteiger partial charge < -0.3 is 24.1 Å². The van der Waals surface area contributed by atoms with Crippen LogP contribution >= 0.6 is 0 Å². The minimum Gasteiger partial charge on any atom is -0.494 e. The molecule has 226 valence electrons. The molecule has 0 aliphatic carbocycles. The Morgan fingerprint density at radius 3 is 2.44 bits per heavy atom. The van der Waals surface area contributed by atoms with Crippen molar-refractivity contribution in [1.29, 1.82) is 0 Å². The molecule has 0 radical (unpaired) electrons. The third-order valence-electron chi connectivity index (χ3n) is 7.01. The van der Waals surface area contributed by atoms with Gasteiger partial charge in [-0.3, -0.25) is 10.2 Å². The quantitative estimate of drug-likeness (QED) is 0.0570. The summed E-state index contributed by atoms with van der Waals surface area (Å²) in [5, 5.41) is 12.8. The summed E-state index contributed by atoms with van der Waals surface area (Å²) in [6.45, 7) is 0.749. The van der Waals surface area contributed by atoms with Gasteiger partial charge in [0.25, 0.3) is 5.91 Å². The van der Waals surface area contributed by atoms with Crippen LogP contribution in [0.15, 0.2) is 89.0 Å². The van der Waals surface area contributed by atoms with Gasteiger partial charge in [0.05, 0.1) is 19.7 Å². The zero-order chi connectivity index (χ0) is 30.5. The average Bonchev–Trinajstić information content (AvgIpc) is 3.44. The number of hydrogen-bond acceptors (Lipinski definition) is 9. The number of aliphatic hydroxyl groups is 1. The Kier molecular flexibility index (Phi) is 11.5. The number of rotatable bonds is 16. The van der Waals surface area contributed by atoms with E-state index in [2.05, 4.69) is 20.9 Å². The maximum Gasteiger partial charge on any atom is 0.266 e. The lowest BCUT2D eigenvalue weighted by molar-refractivity contribution is -0.131. The second-order valence-corrected chi connectivity index (χ2v) is 9.77. The Hall–Kier alpha value is -4.45. The van der Waals surface area contributed by atoms with Gasteiger partial charge in [0, 0.05) is 44.1 Å². The van der Waals surface area contributed by atoms with Crippen molar-refractivity contribution in [3.8, 4) is 5.75 Å². The van der Waals surface area contributed by atoms with Crippen LogP contribution in [-0.2, 0) is 32.0 Å². The minimum atomic E-state index is -1.46. The molecule has 3 N–H and O–H groups in total. The van der Waals surface area contributed by atoms with Crippen molar-refractivity contribution in [1.82, 2.24) is 10.9 Å². The number of nitrogens with one attached hydrogen (secondary N) is 2. The van der Waals surface area contributed by atoms with Crippen LogP contribution in [0.3, 0.4) is 0 Å². The van der Waals surface area contributed by atoms with Crippen molar-refractivity contribution in [3.63, 3.8) is 0 Å². The van der Waals surface area contributed by atoms with Crippen molar-refractivity contribution in [2.45, 2.75) is 37.3 Å². The molecule has 3 aromatic carbocycles. The molecule has 1 aliphatic rings. The SMILES string of the molecule is COC(CNNC(=O)[C@@]1(Cc2ccccc2CN=[N+]=[N-])N=C(c2ccc(OCCCO)cc2)O[C@H]1c1ccccc1)OC. The van der Waals surface area contributed by atoms with E-state index in [1.807, 2.05) is 66.7 Å². The lowest BCUT2D eigenvalue weighted by Gasteiger charge is -2.31. The molecule has 2 atom stereocenters. The summed E-state index contributed by atoms with van der Waals surface area (Å²) in [7, 11) is 3.02. The van der Waals surface area contributed by atoms with E-state index in [9.17, 15) is 4.79 Å². The molecule has 0 fully saturated rings. The van der Waals surface area contributed by atoms with Crippen molar-refractivity contribution in [2.24, 2.45) is 10.1 Å². The first-order valence-electron chi connectivity index (χ1n) is 13.9. The molecule has 3 aromatic rings. The largest absolute Gasteiger partial charge is 0.494 e. The molecule has 0 bridgehead atoms. The van der Waals surface area contributed by atoms with Crippen LogP contribution in [0.2, 0.25) is 0 Å². The number of benzene rings is 3. The average molecular weight is 589 g/mol. The van der Waals surface area contributed by atoms with Crippen LogP contribution in [0.4, 0.5) is 0 Å². The maximum absolute atomic E-state index is 14.3. The number of methoxy groups -OCH3 is 2. The summed E-state index contributed by atoms with van der Waals surface area (Å²) in [4.78, 5) is 22.2. The van der Waals surface area contributed by atoms with E-state index in [-0.39, 0.29) is 26.1 Å². The summed E-state index contributed by atoms with van der Waals surface area (Å²) < 4.78 is 22.7. The van der Waals surface area contributed by atoms with E-state index >= 15 is 0 Å². The number of nitrogens with zero attached hydrogens (tertiary/aromatic N) is 4. The van der Waals surface area contributed by atoms with Crippen LogP contribution in [0, 0.1) is 0 Å². The van der Waals surface area contributed by atoms with Gasteiger partial charge in [-0.25, -0.2) is 10.4 Å². The van der Waals surface area contributed by atoms with Gasteiger partial charge in [-0.2, -0.15) is 0 Å². The number of carbonyl (C=O) groups excluding carboxylic acids is 1. The Balaban J connectivity index is 1.77. The fraction of sp³-hybridized carbons (Fsp3) is 0.355. The van der Waals surface area contributed by atoms with Gasteiger partial charge in [0.1, 0.15) is 5.75 Å². The fourth-order valence-corrected chi connectivity index (χ4v) is 4.78. The molecular formula is C31H36N6O6. The first-order chi connectivity index (χ1) is 21.0. The van der Waals surface area contributed by atoms with Crippen molar-refractivity contribution in [3.05, 3.63) is 112 Å². The number of hydrogen-bond donors (Lipinski definition) is 3. The Labute approximate surface area is 250 Å². The molecule has 43 heavy (non-hydrogen) atoms. The summed E-state index contributed by atoms with van der Waals surface area (Å²) in [5.74, 6) is 0.511. The highest BCUT2D eigenvalue weighted by Crippen LogP contribution is 2.43. The van der Waals surface area contributed by atoms with Crippen LogP contribution in [0.1, 0.15) is 34.8 Å². The van der Waals surface area contributed by atoms with Crippen molar-refractivity contribution >= 4 is 11.8 Å². The lowest BCUT2D eigenvalue weighted by atomic mass is 9.81. The highest BCUT2D eigenvalue weighted by Gasteiger charge is 2.53. The first kappa shape index (κ1) is 31.5. The zero-order valence-electron chi connectivity index (χ0n) is 24.2.